The van der Waals surface area contributed by atoms with Crippen LogP contribution in [0.5, 0.6) is 0 Å². The molecular formula is C18H28N2O2. The van der Waals surface area contributed by atoms with Crippen molar-refractivity contribution in [3.63, 3.8) is 0 Å². The van der Waals surface area contributed by atoms with Crippen LogP contribution in [0.2, 0.25) is 0 Å². The lowest BCUT2D eigenvalue weighted by molar-refractivity contribution is -0.131. The molecule has 0 bridgehead atoms. The van der Waals surface area contributed by atoms with Crippen LogP contribution in [0.1, 0.15) is 52.0 Å². The zero-order valence-corrected chi connectivity index (χ0v) is 13.9. The van der Waals surface area contributed by atoms with Crippen LogP contribution in [0.15, 0.2) is 30.3 Å². The molecule has 1 atom stereocenters. The topological polar surface area (TPSA) is 58.2 Å². The Morgan fingerprint density at radius 3 is 2.14 bits per heavy atom. The molecule has 4 heteroatoms. The highest BCUT2D eigenvalue weighted by atomic mass is 16.2. The van der Waals surface area contributed by atoms with Gasteiger partial charge in [-0.05, 0) is 25.3 Å². The van der Waals surface area contributed by atoms with Gasteiger partial charge in [0.2, 0.25) is 11.8 Å². The van der Waals surface area contributed by atoms with Crippen molar-refractivity contribution < 1.29 is 9.59 Å². The van der Waals surface area contributed by atoms with Gasteiger partial charge >= 0.3 is 0 Å². The van der Waals surface area contributed by atoms with Crippen LogP contribution in [0.25, 0.3) is 0 Å². The van der Waals surface area contributed by atoms with Crippen LogP contribution in [-0.4, -0.2) is 17.9 Å². The number of hydrogen-bond donors (Lipinski definition) is 2. The fraction of sp³-hybridized carbons (Fsp3) is 0.556. The zero-order chi connectivity index (χ0) is 16.4. The highest BCUT2D eigenvalue weighted by molar-refractivity contribution is 5.88. The lowest BCUT2D eigenvalue weighted by Crippen LogP contribution is -2.46. The van der Waals surface area contributed by atoms with E-state index >= 15 is 0 Å². The molecule has 4 nitrogen and oxygen atoms in total. The maximum Gasteiger partial charge on any atom is 0.242 e. The van der Waals surface area contributed by atoms with Crippen molar-refractivity contribution in [2.75, 3.05) is 0 Å². The van der Waals surface area contributed by atoms with E-state index in [-0.39, 0.29) is 17.7 Å². The third-order valence-corrected chi connectivity index (χ3v) is 3.71. The second-order valence-electron chi connectivity index (χ2n) is 5.71. The smallest absolute Gasteiger partial charge is 0.242 e. The van der Waals surface area contributed by atoms with Gasteiger partial charge in [-0.15, -0.1) is 0 Å². The van der Waals surface area contributed by atoms with Gasteiger partial charge in [-0.25, -0.2) is 0 Å². The molecule has 0 aliphatic heterocycles. The van der Waals surface area contributed by atoms with Crippen molar-refractivity contribution in [1.29, 1.82) is 0 Å². The van der Waals surface area contributed by atoms with Gasteiger partial charge in [0, 0.05) is 12.5 Å². The van der Waals surface area contributed by atoms with Crippen molar-refractivity contribution in [2.24, 2.45) is 5.92 Å². The van der Waals surface area contributed by atoms with Crippen molar-refractivity contribution in [2.45, 2.75) is 59.0 Å². The van der Waals surface area contributed by atoms with Crippen molar-refractivity contribution in [3.8, 4) is 0 Å². The molecule has 0 radical (unpaired) electrons. The van der Waals surface area contributed by atoms with Crippen LogP contribution in [0, 0.1) is 5.92 Å². The molecule has 0 heterocycles. The minimum absolute atomic E-state index is 0.00828. The van der Waals surface area contributed by atoms with Crippen LogP contribution in [0.3, 0.4) is 0 Å². The Labute approximate surface area is 133 Å². The zero-order valence-electron chi connectivity index (χ0n) is 13.9. The molecule has 0 fully saturated rings. The fourth-order valence-corrected chi connectivity index (χ4v) is 2.44. The molecule has 22 heavy (non-hydrogen) atoms. The Bertz CT molecular complexity index is 453. The van der Waals surface area contributed by atoms with Crippen LogP contribution in [-0.2, 0) is 16.1 Å². The summed E-state index contributed by atoms with van der Waals surface area (Å²) in [6.45, 7) is 6.36. The van der Waals surface area contributed by atoms with E-state index in [0.29, 0.717) is 6.54 Å². The van der Waals surface area contributed by atoms with E-state index in [0.717, 1.165) is 31.2 Å². The van der Waals surface area contributed by atoms with Gasteiger partial charge in [0.15, 0.2) is 0 Å². The van der Waals surface area contributed by atoms with Crippen molar-refractivity contribution >= 4 is 11.8 Å². The van der Waals surface area contributed by atoms with E-state index in [1.807, 2.05) is 30.3 Å². The van der Waals surface area contributed by atoms with Crippen LogP contribution >= 0.6 is 0 Å². The maximum absolute atomic E-state index is 12.2. The van der Waals surface area contributed by atoms with Gasteiger partial charge in [0.25, 0.3) is 0 Å². The van der Waals surface area contributed by atoms with Gasteiger partial charge in [-0.3, -0.25) is 9.59 Å². The molecule has 2 amide bonds. The highest BCUT2D eigenvalue weighted by Crippen LogP contribution is 2.13. The minimum atomic E-state index is -0.507. The van der Waals surface area contributed by atoms with Crippen LogP contribution < -0.4 is 10.6 Å². The predicted molar refractivity (Wildman–Crippen MR) is 89.2 cm³/mol. The first-order chi connectivity index (χ1) is 10.6. The molecule has 1 aromatic rings. The molecular weight excluding hydrogens is 276 g/mol. The molecule has 1 aromatic carbocycles. The molecule has 0 spiro atoms. The van der Waals surface area contributed by atoms with Gasteiger partial charge < -0.3 is 10.6 Å². The summed E-state index contributed by atoms with van der Waals surface area (Å²) in [6.07, 6.45) is 3.70. The first-order valence-corrected chi connectivity index (χ1v) is 8.20. The molecule has 0 aliphatic carbocycles. The molecule has 1 rings (SSSR count). The standard InChI is InChI=1S/C18H28N2O2/c1-4-9-16(10-5-2)18(22)20-14(3)17(21)19-13-15-11-7-6-8-12-15/h6-8,11-12,14,16H,4-5,9-10,13H2,1-3H3,(H,19,21)(H,20,22). The van der Waals surface area contributed by atoms with E-state index in [1.165, 1.54) is 0 Å². The molecule has 0 saturated heterocycles. The Morgan fingerprint density at radius 2 is 1.59 bits per heavy atom. The minimum Gasteiger partial charge on any atom is -0.350 e. The van der Waals surface area contributed by atoms with Gasteiger partial charge in [-0.1, -0.05) is 57.0 Å². The predicted octanol–water partition coefficient (Wildman–Crippen LogP) is 3.02. The largest absolute Gasteiger partial charge is 0.350 e. The molecule has 0 aliphatic rings. The lowest BCUT2D eigenvalue weighted by atomic mass is 9.97. The second-order valence-corrected chi connectivity index (χ2v) is 5.71. The molecule has 122 valence electrons. The number of nitrogens with one attached hydrogen (secondary N) is 2. The summed E-state index contributed by atoms with van der Waals surface area (Å²) in [5, 5.41) is 5.69. The molecule has 0 aromatic heterocycles. The summed E-state index contributed by atoms with van der Waals surface area (Å²) >= 11 is 0. The van der Waals surface area contributed by atoms with Gasteiger partial charge in [0.1, 0.15) is 6.04 Å². The first kappa shape index (κ1) is 18.2. The van der Waals surface area contributed by atoms with Crippen LogP contribution in [0.4, 0.5) is 0 Å². The Hall–Kier alpha value is -1.84. The van der Waals surface area contributed by atoms with E-state index < -0.39 is 6.04 Å². The molecule has 0 saturated carbocycles. The summed E-state index contributed by atoms with van der Waals surface area (Å²) in [6, 6.07) is 9.23. The fourth-order valence-electron chi connectivity index (χ4n) is 2.44. The summed E-state index contributed by atoms with van der Waals surface area (Å²) in [5.41, 5.74) is 1.05. The number of carbonyl (C=O) groups is 2. The molecule has 1 unspecified atom stereocenters. The highest BCUT2D eigenvalue weighted by Gasteiger charge is 2.21. The van der Waals surface area contributed by atoms with Crippen molar-refractivity contribution in [1.82, 2.24) is 10.6 Å². The lowest BCUT2D eigenvalue weighted by Gasteiger charge is -2.19. The van der Waals surface area contributed by atoms with Crippen molar-refractivity contribution in [3.05, 3.63) is 35.9 Å². The third kappa shape index (κ3) is 6.29. The number of hydrogen-bond acceptors (Lipinski definition) is 2. The summed E-state index contributed by atoms with van der Waals surface area (Å²) in [4.78, 5) is 24.3. The third-order valence-electron chi connectivity index (χ3n) is 3.71. The van der Waals surface area contributed by atoms with E-state index in [1.54, 1.807) is 6.92 Å². The maximum atomic E-state index is 12.2. The Morgan fingerprint density at radius 1 is 1.00 bits per heavy atom. The van der Waals surface area contributed by atoms with E-state index in [9.17, 15) is 9.59 Å². The number of carbonyl (C=O) groups excluding carboxylic acids is 2. The normalized spacial score (nSPS) is 12.0. The number of benzene rings is 1. The Balaban J connectivity index is 2.43. The second kappa shape index (κ2) is 9.98. The SMILES string of the molecule is CCCC(CCC)C(=O)NC(C)C(=O)NCc1ccccc1. The first-order valence-electron chi connectivity index (χ1n) is 8.20. The Kier molecular flexibility index (Phi) is 8.26. The van der Waals surface area contributed by atoms with Gasteiger partial charge in [0.05, 0.1) is 0 Å². The van der Waals surface area contributed by atoms with Gasteiger partial charge in [-0.2, -0.15) is 0 Å². The van der Waals surface area contributed by atoms with E-state index in [4.69, 9.17) is 0 Å². The summed E-state index contributed by atoms with van der Waals surface area (Å²) in [5.74, 6) is -0.144. The monoisotopic (exact) mass is 304 g/mol. The van der Waals surface area contributed by atoms with E-state index in [2.05, 4.69) is 24.5 Å². The molecule has 2 N–H and O–H groups in total. The number of amides is 2. The summed E-state index contributed by atoms with van der Waals surface area (Å²) in [7, 11) is 0. The average molecular weight is 304 g/mol. The number of rotatable bonds is 9. The average Bonchev–Trinajstić information content (AvgIpc) is 2.53. The quantitative estimate of drug-likeness (QED) is 0.737. The summed E-state index contributed by atoms with van der Waals surface area (Å²) < 4.78 is 0.